The van der Waals surface area contributed by atoms with E-state index in [-0.39, 0.29) is 5.84 Å². The summed E-state index contributed by atoms with van der Waals surface area (Å²) in [4.78, 5) is 12.3. The number of thiophene rings is 1. The predicted molar refractivity (Wildman–Crippen MR) is 69.1 cm³/mol. The van der Waals surface area contributed by atoms with E-state index in [2.05, 4.69) is 5.32 Å². The van der Waals surface area contributed by atoms with Crippen LogP contribution in [0.3, 0.4) is 0 Å². The van der Waals surface area contributed by atoms with Crippen molar-refractivity contribution in [2.24, 2.45) is 0 Å². The van der Waals surface area contributed by atoms with Gasteiger partial charge < -0.3 is 10.1 Å². The Morgan fingerprint density at radius 1 is 1.56 bits per heavy atom. The molecule has 1 heterocycles. The summed E-state index contributed by atoms with van der Waals surface area (Å²) in [6.07, 6.45) is -0.479. The summed E-state index contributed by atoms with van der Waals surface area (Å²) >= 11 is 1.39. The fourth-order valence-corrected chi connectivity index (χ4v) is 1.96. The van der Waals surface area contributed by atoms with Crippen molar-refractivity contribution in [2.75, 3.05) is 0 Å². The number of hydroxylamine groups is 1. The van der Waals surface area contributed by atoms with Crippen LogP contribution in [0, 0.1) is 5.41 Å². The lowest BCUT2D eigenvalue weighted by atomic mass is 10.2. The molecule has 1 aromatic rings. The van der Waals surface area contributed by atoms with E-state index in [1.165, 1.54) is 11.3 Å². The highest BCUT2D eigenvalue weighted by Crippen LogP contribution is 2.14. The molecule has 0 saturated heterocycles. The number of carbonyl (C=O) groups excluding carboxylic acids is 1. The molecule has 0 aliphatic carbocycles. The minimum atomic E-state index is -0.520. The molecule has 7 heteroatoms. The van der Waals surface area contributed by atoms with Crippen LogP contribution in [0.25, 0.3) is 0 Å². The first kappa shape index (κ1) is 14.5. The van der Waals surface area contributed by atoms with Crippen molar-refractivity contribution in [1.29, 1.82) is 5.41 Å². The van der Waals surface area contributed by atoms with Crippen LogP contribution in [0.2, 0.25) is 0 Å². The molecule has 1 aromatic heterocycles. The van der Waals surface area contributed by atoms with Gasteiger partial charge in [0.25, 0.3) is 0 Å². The van der Waals surface area contributed by atoms with Crippen molar-refractivity contribution in [2.45, 2.75) is 32.9 Å². The second-order valence-corrected chi connectivity index (χ2v) is 5.64. The van der Waals surface area contributed by atoms with Crippen LogP contribution in [-0.4, -0.2) is 22.7 Å². The summed E-state index contributed by atoms with van der Waals surface area (Å²) in [5, 5.41) is 20.3. The molecule has 1 rings (SSSR count). The molecular weight excluding hydrogens is 254 g/mol. The number of nitrogens with one attached hydrogen (secondary N) is 3. The summed E-state index contributed by atoms with van der Waals surface area (Å²) in [7, 11) is 0. The van der Waals surface area contributed by atoms with Crippen molar-refractivity contribution < 1.29 is 14.7 Å². The standard InChI is InChI=1S/C11H17N3O3S/c1-11(2,3)17-10(15)13-5-8-4-7(6-18-8)9(12)14-16/h4,6,16H,5H2,1-3H3,(H2,12,14)(H,13,15). The van der Waals surface area contributed by atoms with E-state index in [0.29, 0.717) is 12.1 Å². The molecule has 1 amide bonds. The lowest BCUT2D eigenvalue weighted by molar-refractivity contribution is 0.0524. The molecular formula is C11H17N3O3S. The van der Waals surface area contributed by atoms with Gasteiger partial charge in [-0.05, 0) is 26.8 Å². The first-order valence-corrected chi connectivity index (χ1v) is 6.23. The third kappa shape index (κ3) is 4.72. The number of amides is 1. The molecule has 0 saturated carbocycles. The van der Waals surface area contributed by atoms with Crippen molar-refractivity contribution in [3.63, 3.8) is 0 Å². The molecule has 0 radical (unpaired) electrons. The number of ether oxygens (including phenoxy) is 1. The molecule has 0 bridgehead atoms. The van der Waals surface area contributed by atoms with Gasteiger partial charge >= 0.3 is 6.09 Å². The number of alkyl carbamates (subject to hydrolysis) is 1. The van der Waals surface area contributed by atoms with Crippen LogP contribution in [0.15, 0.2) is 11.4 Å². The van der Waals surface area contributed by atoms with Gasteiger partial charge in [-0.25, -0.2) is 4.79 Å². The van der Waals surface area contributed by atoms with Crippen molar-refractivity contribution >= 4 is 23.3 Å². The summed E-state index contributed by atoms with van der Waals surface area (Å²) < 4.78 is 5.09. The SMILES string of the molecule is CC(C)(C)OC(=O)NCc1cc(C(=N)NO)cs1. The summed E-state index contributed by atoms with van der Waals surface area (Å²) in [6, 6.07) is 1.72. The van der Waals surface area contributed by atoms with E-state index in [9.17, 15) is 4.79 Å². The number of carbonyl (C=O) groups is 1. The molecule has 0 fully saturated rings. The quantitative estimate of drug-likeness (QED) is 0.384. The Kier molecular flexibility index (Phi) is 4.69. The molecule has 0 aromatic carbocycles. The molecule has 0 spiro atoms. The second kappa shape index (κ2) is 5.83. The maximum atomic E-state index is 11.4. The van der Waals surface area contributed by atoms with Crippen LogP contribution in [0.1, 0.15) is 31.2 Å². The first-order chi connectivity index (χ1) is 8.31. The highest BCUT2D eigenvalue weighted by molar-refractivity contribution is 7.10. The number of rotatable bonds is 3. The molecule has 18 heavy (non-hydrogen) atoms. The molecule has 0 unspecified atom stereocenters. The highest BCUT2D eigenvalue weighted by atomic mass is 32.1. The topological polar surface area (TPSA) is 94.4 Å². The Labute approximate surface area is 109 Å². The highest BCUT2D eigenvalue weighted by Gasteiger charge is 2.16. The van der Waals surface area contributed by atoms with Crippen molar-refractivity contribution in [3.05, 3.63) is 21.9 Å². The van der Waals surface area contributed by atoms with Gasteiger partial charge in [0.2, 0.25) is 0 Å². The van der Waals surface area contributed by atoms with Gasteiger partial charge in [-0.15, -0.1) is 11.3 Å². The predicted octanol–water partition coefficient (Wildman–Crippen LogP) is 2.08. The third-order valence-corrected chi connectivity index (χ3v) is 2.80. The maximum Gasteiger partial charge on any atom is 0.407 e. The van der Waals surface area contributed by atoms with Crippen LogP contribution in [0.5, 0.6) is 0 Å². The molecule has 4 N–H and O–H groups in total. The Morgan fingerprint density at radius 3 is 2.78 bits per heavy atom. The van der Waals surface area contributed by atoms with Gasteiger partial charge in [-0.2, -0.15) is 0 Å². The average molecular weight is 271 g/mol. The van der Waals surface area contributed by atoms with Crippen molar-refractivity contribution in [3.8, 4) is 0 Å². The van der Waals surface area contributed by atoms with Gasteiger partial charge in [0.15, 0.2) is 0 Å². The van der Waals surface area contributed by atoms with Gasteiger partial charge in [-0.3, -0.25) is 16.1 Å². The summed E-state index contributed by atoms with van der Waals surface area (Å²) in [6.45, 7) is 5.72. The number of hydrogen-bond acceptors (Lipinski definition) is 5. The minimum absolute atomic E-state index is 0.0743. The Balaban J connectivity index is 2.47. The summed E-state index contributed by atoms with van der Waals surface area (Å²) in [5.41, 5.74) is 1.82. The van der Waals surface area contributed by atoms with E-state index in [4.69, 9.17) is 15.4 Å². The molecule has 0 atom stereocenters. The van der Waals surface area contributed by atoms with Gasteiger partial charge in [0.05, 0.1) is 6.54 Å². The second-order valence-electron chi connectivity index (χ2n) is 4.64. The van der Waals surface area contributed by atoms with Crippen LogP contribution < -0.4 is 10.8 Å². The zero-order chi connectivity index (χ0) is 13.8. The van der Waals surface area contributed by atoms with Gasteiger partial charge in [-0.1, -0.05) is 0 Å². The van der Waals surface area contributed by atoms with E-state index >= 15 is 0 Å². The fourth-order valence-electron chi connectivity index (χ4n) is 1.14. The molecule has 0 aliphatic rings. The van der Waals surface area contributed by atoms with Gasteiger partial charge in [0, 0.05) is 15.8 Å². The summed E-state index contributed by atoms with van der Waals surface area (Å²) in [5.74, 6) is -0.0743. The van der Waals surface area contributed by atoms with E-state index < -0.39 is 11.7 Å². The maximum absolute atomic E-state index is 11.4. The zero-order valence-corrected chi connectivity index (χ0v) is 11.4. The lowest BCUT2D eigenvalue weighted by Gasteiger charge is -2.19. The normalized spacial score (nSPS) is 10.9. The van der Waals surface area contributed by atoms with Crippen molar-refractivity contribution in [1.82, 2.24) is 10.8 Å². The van der Waals surface area contributed by atoms with Gasteiger partial charge in [0.1, 0.15) is 11.4 Å². The molecule has 0 aliphatic heterocycles. The van der Waals surface area contributed by atoms with E-state index in [0.717, 1.165) is 4.88 Å². The largest absolute Gasteiger partial charge is 0.444 e. The minimum Gasteiger partial charge on any atom is -0.444 e. The third-order valence-electron chi connectivity index (χ3n) is 1.86. The van der Waals surface area contributed by atoms with E-state index in [1.54, 1.807) is 37.7 Å². The monoisotopic (exact) mass is 271 g/mol. The number of hydrogen-bond donors (Lipinski definition) is 4. The zero-order valence-electron chi connectivity index (χ0n) is 10.5. The van der Waals surface area contributed by atoms with Crippen LogP contribution in [-0.2, 0) is 11.3 Å². The average Bonchev–Trinajstić information content (AvgIpc) is 2.71. The number of amidine groups is 1. The Bertz CT molecular complexity index is 437. The smallest absolute Gasteiger partial charge is 0.407 e. The lowest BCUT2D eigenvalue weighted by Crippen LogP contribution is -2.31. The van der Waals surface area contributed by atoms with Crippen LogP contribution >= 0.6 is 11.3 Å². The first-order valence-electron chi connectivity index (χ1n) is 5.35. The fraction of sp³-hybridized carbons (Fsp3) is 0.455. The Hall–Kier alpha value is -1.60. The van der Waals surface area contributed by atoms with Crippen LogP contribution in [0.4, 0.5) is 4.79 Å². The molecule has 100 valence electrons. The Morgan fingerprint density at radius 2 is 2.22 bits per heavy atom. The van der Waals surface area contributed by atoms with E-state index in [1.807, 2.05) is 0 Å². The molecule has 6 nitrogen and oxygen atoms in total.